The molecule has 2 unspecified atom stereocenters. The van der Waals surface area contributed by atoms with Crippen molar-refractivity contribution in [3.63, 3.8) is 0 Å². The third-order valence-corrected chi connectivity index (χ3v) is 4.89. The van der Waals surface area contributed by atoms with E-state index < -0.39 is 0 Å². The van der Waals surface area contributed by atoms with Crippen molar-refractivity contribution in [2.45, 2.75) is 64.0 Å². The smallest absolute Gasteiger partial charge is 0.0197 e. The Morgan fingerprint density at radius 1 is 1.00 bits per heavy atom. The quantitative estimate of drug-likeness (QED) is 0.763. The number of hydrogen-bond acceptors (Lipinski definition) is 2. The van der Waals surface area contributed by atoms with Gasteiger partial charge in [-0.2, -0.15) is 0 Å². The molecular weight excluding hydrogens is 208 g/mol. The highest BCUT2D eigenvalue weighted by atomic mass is 15.2. The van der Waals surface area contributed by atoms with E-state index >= 15 is 0 Å². The van der Waals surface area contributed by atoms with Crippen LogP contribution in [0.1, 0.15) is 51.9 Å². The molecule has 2 nitrogen and oxygen atoms in total. The van der Waals surface area contributed by atoms with E-state index in [-0.39, 0.29) is 0 Å². The number of nitrogens with one attached hydrogen (secondary N) is 1. The first-order chi connectivity index (χ1) is 8.35. The second kappa shape index (κ2) is 5.27. The zero-order chi connectivity index (χ0) is 11.7. The van der Waals surface area contributed by atoms with E-state index in [1.54, 1.807) is 0 Å². The highest BCUT2D eigenvalue weighted by molar-refractivity contribution is 4.91. The molecule has 98 valence electrons. The van der Waals surface area contributed by atoms with Crippen molar-refractivity contribution >= 4 is 0 Å². The maximum absolute atomic E-state index is 3.75. The van der Waals surface area contributed by atoms with Crippen molar-refractivity contribution in [2.75, 3.05) is 19.6 Å². The number of rotatable bonds is 6. The van der Waals surface area contributed by atoms with Crippen molar-refractivity contribution < 1.29 is 0 Å². The van der Waals surface area contributed by atoms with Crippen LogP contribution in [0.5, 0.6) is 0 Å². The maximum atomic E-state index is 3.75. The van der Waals surface area contributed by atoms with Gasteiger partial charge >= 0.3 is 0 Å². The summed E-state index contributed by atoms with van der Waals surface area (Å²) in [6, 6.07) is 1.74. The summed E-state index contributed by atoms with van der Waals surface area (Å²) >= 11 is 0. The molecule has 1 aliphatic heterocycles. The summed E-state index contributed by atoms with van der Waals surface area (Å²) in [7, 11) is 0. The van der Waals surface area contributed by atoms with Gasteiger partial charge in [-0.05, 0) is 56.9 Å². The molecule has 3 rings (SSSR count). The fourth-order valence-electron chi connectivity index (χ4n) is 3.33. The Hall–Kier alpha value is -0.0800. The molecule has 1 heterocycles. The van der Waals surface area contributed by atoms with Crippen molar-refractivity contribution in [2.24, 2.45) is 11.8 Å². The van der Waals surface area contributed by atoms with E-state index in [0.717, 1.165) is 23.9 Å². The Kier molecular flexibility index (Phi) is 3.72. The van der Waals surface area contributed by atoms with Gasteiger partial charge in [0.1, 0.15) is 0 Å². The third kappa shape index (κ3) is 3.45. The normalized spacial score (nSPS) is 34.2. The Labute approximate surface area is 106 Å². The minimum atomic E-state index is 0.785. The van der Waals surface area contributed by atoms with Crippen molar-refractivity contribution in [3.8, 4) is 0 Å². The average molecular weight is 236 g/mol. The molecule has 3 aliphatic rings. The van der Waals surface area contributed by atoms with Gasteiger partial charge in [0.05, 0.1) is 0 Å². The first kappa shape index (κ1) is 12.0. The summed E-state index contributed by atoms with van der Waals surface area (Å²) < 4.78 is 0. The highest BCUT2D eigenvalue weighted by Crippen LogP contribution is 2.35. The lowest BCUT2D eigenvalue weighted by Crippen LogP contribution is -2.47. The van der Waals surface area contributed by atoms with E-state index in [1.807, 2.05) is 0 Å². The number of hydrogen-bond donors (Lipinski definition) is 1. The summed E-state index contributed by atoms with van der Waals surface area (Å²) in [5.74, 6) is 2.05. The fourth-order valence-corrected chi connectivity index (χ4v) is 3.33. The van der Waals surface area contributed by atoms with Crippen molar-refractivity contribution in [1.29, 1.82) is 0 Å². The highest BCUT2D eigenvalue weighted by Gasteiger charge is 2.35. The predicted molar refractivity (Wildman–Crippen MR) is 72.1 cm³/mol. The van der Waals surface area contributed by atoms with Crippen LogP contribution in [0, 0.1) is 11.8 Å². The number of piperidine rings is 1. The van der Waals surface area contributed by atoms with Crippen LogP contribution in [0.4, 0.5) is 0 Å². The third-order valence-electron chi connectivity index (χ3n) is 4.89. The van der Waals surface area contributed by atoms with E-state index in [1.165, 1.54) is 64.6 Å². The van der Waals surface area contributed by atoms with Crippen LogP contribution in [0.2, 0.25) is 0 Å². The second-order valence-electron chi connectivity index (χ2n) is 6.58. The van der Waals surface area contributed by atoms with Crippen LogP contribution < -0.4 is 5.32 Å². The zero-order valence-electron chi connectivity index (χ0n) is 11.3. The maximum Gasteiger partial charge on any atom is 0.0197 e. The SMILES string of the molecule is CCC1CCNC(CN(CC2CC2)C2CC2)C1. The van der Waals surface area contributed by atoms with E-state index in [4.69, 9.17) is 0 Å². The summed E-state index contributed by atoms with van der Waals surface area (Å²) in [5.41, 5.74) is 0. The Morgan fingerprint density at radius 3 is 2.47 bits per heavy atom. The lowest BCUT2D eigenvalue weighted by atomic mass is 9.90. The minimum Gasteiger partial charge on any atom is -0.313 e. The van der Waals surface area contributed by atoms with E-state index in [2.05, 4.69) is 17.1 Å². The molecule has 0 aromatic rings. The van der Waals surface area contributed by atoms with Gasteiger partial charge in [0.15, 0.2) is 0 Å². The summed E-state index contributed by atoms with van der Waals surface area (Å²) in [6.07, 6.45) is 10.1. The molecule has 2 atom stereocenters. The van der Waals surface area contributed by atoms with Gasteiger partial charge in [-0.15, -0.1) is 0 Å². The summed E-state index contributed by atoms with van der Waals surface area (Å²) in [6.45, 7) is 6.35. The second-order valence-corrected chi connectivity index (χ2v) is 6.58. The van der Waals surface area contributed by atoms with Crippen LogP contribution in [0.15, 0.2) is 0 Å². The van der Waals surface area contributed by atoms with Gasteiger partial charge in [-0.25, -0.2) is 0 Å². The Balaban J connectivity index is 1.48. The standard InChI is InChI=1S/C15H28N2/c1-2-12-7-8-16-14(9-12)11-17(15-5-6-15)10-13-3-4-13/h12-16H,2-11H2,1H3. The molecule has 2 aliphatic carbocycles. The topological polar surface area (TPSA) is 15.3 Å². The molecule has 0 spiro atoms. The molecule has 0 aromatic carbocycles. The van der Waals surface area contributed by atoms with Crippen LogP contribution >= 0.6 is 0 Å². The summed E-state index contributed by atoms with van der Waals surface area (Å²) in [4.78, 5) is 2.81. The zero-order valence-corrected chi connectivity index (χ0v) is 11.3. The average Bonchev–Trinajstić information content (AvgIpc) is 3.21. The molecule has 1 saturated heterocycles. The molecule has 0 amide bonds. The Bertz CT molecular complexity index is 245. The molecule has 0 radical (unpaired) electrons. The number of nitrogens with zero attached hydrogens (tertiary/aromatic N) is 1. The van der Waals surface area contributed by atoms with Gasteiger partial charge in [0.2, 0.25) is 0 Å². The first-order valence-electron chi connectivity index (χ1n) is 7.82. The van der Waals surface area contributed by atoms with Crippen LogP contribution in [-0.4, -0.2) is 36.6 Å². The first-order valence-corrected chi connectivity index (χ1v) is 7.82. The van der Waals surface area contributed by atoms with Gasteiger partial charge in [0, 0.05) is 25.2 Å². The molecule has 2 heteroatoms. The van der Waals surface area contributed by atoms with Gasteiger partial charge in [-0.1, -0.05) is 13.3 Å². The summed E-state index contributed by atoms with van der Waals surface area (Å²) in [5, 5.41) is 3.75. The lowest BCUT2D eigenvalue weighted by molar-refractivity contribution is 0.187. The monoisotopic (exact) mass is 236 g/mol. The molecule has 1 N–H and O–H groups in total. The molecule has 17 heavy (non-hydrogen) atoms. The van der Waals surface area contributed by atoms with Crippen LogP contribution in [-0.2, 0) is 0 Å². The van der Waals surface area contributed by atoms with Crippen LogP contribution in [0.3, 0.4) is 0 Å². The van der Waals surface area contributed by atoms with Gasteiger partial charge < -0.3 is 5.32 Å². The van der Waals surface area contributed by atoms with E-state index in [9.17, 15) is 0 Å². The van der Waals surface area contributed by atoms with Gasteiger partial charge in [-0.3, -0.25) is 4.90 Å². The predicted octanol–water partition coefficient (Wildman–Crippen LogP) is 2.64. The Morgan fingerprint density at radius 2 is 1.82 bits per heavy atom. The van der Waals surface area contributed by atoms with Crippen molar-refractivity contribution in [3.05, 3.63) is 0 Å². The lowest BCUT2D eigenvalue weighted by Gasteiger charge is -2.34. The van der Waals surface area contributed by atoms with Crippen molar-refractivity contribution in [1.82, 2.24) is 10.2 Å². The van der Waals surface area contributed by atoms with Crippen LogP contribution in [0.25, 0.3) is 0 Å². The fraction of sp³-hybridized carbons (Fsp3) is 1.00. The molecule has 0 aromatic heterocycles. The van der Waals surface area contributed by atoms with E-state index in [0.29, 0.717) is 0 Å². The minimum absolute atomic E-state index is 0.785. The molecular formula is C15H28N2. The molecule has 2 saturated carbocycles. The largest absolute Gasteiger partial charge is 0.313 e. The van der Waals surface area contributed by atoms with Gasteiger partial charge in [0.25, 0.3) is 0 Å². The molecule has 0 bridgehead atoms. The molecule has 3 fully saturated rings.